The largest absolute Gasteiger partial charge is 0.358 e. The Morgan fingerprint density at radius 2 is 2.04 bits per heavy atom. The summed E-state index contributed by atoms with van der Waals surface area (Å²) in [4.78, 5) is 22.0. The second-order valence-electron chi connectivity index (χ2n) is 6.86. The lowest BCUT2D eigenvalue weighted by Gasteiger charge is -2.37. The number of nitrogens with one attached hydrogen (secondary N) is 1. The molecule has 2 aromatic heterocycles. The number of hydrogen-bond donors (Lipinski definition) is 1. The smallest absolute Gasteiger partial charge is 0.237 e. The Labute approximate surface area is 152 Å². The molecular formula is C18H12B2ClN3O. The van der Waals surface area contributed by atoms with Gasteiger partial charge in [0.15, 0.2) is 0 Å². The first-order chi connectivity index (χ1) is 11.9. The van der Waals surface area contributed by atoms with Crippen LogP contribution in [-0.4, -0.2) is 31.6 Å². The predicted molar refractivity (Wildman–Crippen MR) is 99.1 cm³/mol. The number of hydrogen-bond acceptors (Lipinski definition) is 2. The zero-order chi connectivity index (χ0) is 17.4. The zero-order valence-electron chi connectivity index (χ0n) is 13.3. The molecule has 1 amide bonds. The van der Waals surface area contributed by atoms with Crippen LogP contribution in [0.25, 0.3) is 10.9 Å². The average molecular weight is 343 g/mol. The molecule has 3 heterocycles. The summed E-state index contributed by atoms with van der Waals surface area (Å²) < 4.78 is 0. The Bertz CT molecular complexity index is 1040. The average Bonchev–Trinajstić information content (AvgIpc) is 3.21. The van der Waals surface area contributed by atoms with Crippen LogP contribution in [0.15, 0.2) is 42.7 Å². The van der Waals surface area contributed by atoms with Crippen molar-refractivity contribution in [3.05, 3.63) is 59.0 Å². The predicted octanol–water partition coefficient (Wildman–Crippen LogP) is 2.74. The Kier molecular flexibility index (Phi) is 2.84. The third-order valence-electron chi connectivity index (χ3n) is 5.30. The lowest BCUT2D eigenvalue weighted by Crippen LogP contribution is -2.51. The summed E-state index contributed by atoms with van der Waals surface area (Å²) in [6.45, 7) is 0. The van der Waals surface area contributed by atoms with E-state index >= 15 is 0 Å². The first kappa shape index (κ1) is 15.1. The molecule has 0 bridgehead atoms. The minimum atomic E-state index is -1.51. The van der Waals surface area contributed by atoms with Gasteiger partial charge in [0.1, 0.15) is 0 Å². The van der Waals surface area contributed by atoms with Crippen LogP contribution in [-0.2, 0) is 15.5 Å². The van der Waals surface area contributed by atoms with Crippen molar-refractivity contribution in [3.8, 4) is 0 Å². The molecular weight excluding hydrogens is 331 g/mol. The number of anilines is 1. The van der Waals surface area contributed by atoms with E-state index in [2.05, 4.69) is 9.97 Å². The Morgan fingerprint density at radius 3 is 2.80 bits per heavy atom. The third-order valence-corrected chi connectivity index (χ3v) is 5.54. The van der Waals surface area contributed by atoms with Gasteiger partial charge in [-0.1, -0.05) is 11.6 Å². The molecule has 4 radical (unpaired) electrons. The van der Waals surface area contributed by atoms with Crippen LogP contribution < -0.4 is 4.90 Å². The SMILES string of the molecule is [B]C([B])(c1cc2cc(Cl)ccc2[nH]1)N1C(=O)C2(CC2)c2ccncc21. The maximum Gasteiger partial charge on any atom is 0.237 e. The van der Waals surface area contributed by atoms with Crippen molar-refractivity contribution in [3.63, 3.8) is 0 Å². The number of fused-ring (bicyclic) bond motifs is 3. The fraction of sp³-hybridized carbons (Fsp3) is 0.222. The molecule has 25 heavy (non-hydrogen) atoms. The number of carbonyl (C=O) groups excluding carboxylic acids is 1. The van der Waals surface area contributed by atoms with Crippen molar-refractivity contribution in [2.24, 2.45) is 0 Å². The Balaban J connectivity index is 1.67. The van der Waals surface area contributed by atoms with Gasteiger partial charge < -0.3 is 9.88 Å². The molecule has 2 aliphatic rings. The van der Waals surface area contributed by atoms with Gasteiger partial charge in [0, 0.05) is 33.2 Å². The first-order valence-electron chi connectivity index (χ1n) is 8.09. The number of aromatic nitrogens is 2. The standard InChI is InChI=1S/C18H12B2ClN3O/c19-18(20,15-8-10-7-11(21)1-2-13(10)23-15)24-14-9-22-6-3-12(14)17(4-5-17)16(24)25/h1-3,6-9,23H,4-5H2. The van der Waals surface area contributed by atoms with Crippen molar-refractivity contribution >= 4 is 49.8 Å². The molecule has 0 unspecified atom stereocenters. The molecule has 1 spiro atoms. The Hall–Kier alpha value is -2.20. The number of benzene rings is 1. The number of carbonyl (C=O) groups is 1. The van der Waals surface area contributed by atoms with E-state index in [-0.39, 0.29) is 5.91 Å². The van der Waals surface area contributed by atoms with E-state index in [0.717, 1.165) is 29.3 Å². The van der Waals surface area contributed by atoms with E-state index in [0.29, 0.717) is 16.4 Å². The summed E-state index contributed by atoms with van der Waals surface area (Å²) in [5.41, 5.74) is 2.58. The van der Waals surface area contributed by atoms with Gasteiger partial charge in [0.25, 0.3) is 0 Å². The summed E-state index contributed by atoms with van der Waals surface area (Å²) in [6, 6.07) is 9.21. The van der Waals surface area contributed by atoms with Crippen LogP contribution >= 0.6 is 11.6 Å². The van der Waals surface area contributed by atoms with Crippen LogP contribution in [0.3, 0.4) is 0 Å². The summed E-state index contributed by atoms with van der Waals surface area (Å²) in [5, 5.41) is 0.00954. The van der Waals surface area contributed by atoms with Gasteiger partial charge in [-0.15, -0.1) is 0 Å². The van der Waals surface area contributed by atoms with Crippen LogP contribution in [0.1, 0.15) is 24.1 Å². The molecule has 1 aliphatic heterocycles. The second-order valence-corrected chi connectivity index (χ2v) is 7.29. The van der Waals surface area contributed by atoms with E-state index in [4.69, 9.17) is 27.3 Å². The van der Waals surface area contributed by atoms with Gasteiger partial charge in [-0.05, 0) is 48.7 Å². The minimum Gasteiger partial charge on any atom is -0.358 e. The summed E-state index contributed by atoms with van der Waals surface area (Å²) in [6.07, 6.45) is 5.00. The monoisotopic (exact) mass is 343 g/mol. The molecule has 1 saturated carbocycles. The highest BCUT2D eigenvalue weighted by Gasteiger charge is 2.61. The lowest BCUT2D eigenvalue weighted by molar-refractivity contribution is -0.120. The Morgan fingerprint density at radius 1 is 1.24 bits per heavy atom. The summed E-state index contributed by atoms with van der Waals surface area (Å²) >= 11 is 6.06. The second kappa shape index (κ2) is 4.70. The number of halogens is 1. The maximum absolute atomic E-state index is 13.1. The van der Waals surface area contributed by atoms with E-state index in [1.807, 2.05) is 24.3 Å². The summed E-state index contributed by atoms with van der Waals surface area (Å²) in [5.74, 6) is -0.0582. The number of pyridine rings is 1. The number of H-pyrrole nitrogens is 1. The van der Waals surface area contributed by atoms with Crippen molar-refractivity contribution in [1.29, 1.82) is 0 Å². The number of nitrogens with zero attached hydrogens (tertiary/aromatic N) is 2. The fourth-order valence-electron chi connectivity index (χ4n) is 3.82. The molecule has 1 aromatic carbocycles. The van der Waals surface area contributed by atoms with Crippen LogP contribution in [0.2, 0.25) is 5.02 Å². The number of aromatic amines is 1. The first-order valence-corrected chi connectivity index (χ1v) is 8.47. The number of amides is 1. The summed E-state index contributed by atoms with van der Waals surface area (Å²) in [7, 11) is 13.0. The molecule has 0 saturated heterocycles. The van der Waals surface area contributed by atoms with Gasteiger partial charge >= 0.3 is 0 Å². The quantitative estimate of drug-likeness (QED) is 0.728. The molecule has 3 aromatic rings. The molecule has 118 valence electrons. The molecule has 1 N–H and O–H groups in total. The van der Waals surface area contributed by atoms with Crippen LogP contribution in [0.5, 0.6) is 0 Å². The van der Waals surface area contributed by atoms with Crippen molar-refractivity contribution in [2.45, 2.75) is 23.6 Å². The highest BCUT2D eigenvalue weighted by molar-refractivity contribution is 6.44. The van der Waals surface area contributed by atoms with Gasteiger partial charge in [-0.2, -0.15) is 0 Å². The molecule has 1 fully saturated rings. The molecule has 0 atom stereocenters. The van der Waals surface area contributed by atoms with Gasteiger partial charge in [0.05, 0.1) is 33.0 Å². The third kappa shape index (κ3) is 1.92. The molecule has 4 nitrogen and oxygen atoms in total. The molecule has 7 heteroatoms. The van der Waals surface area contributed by atoms with E-state index in [1.54, 1.807) is 18.5 Å². The van der Waals surface area contributed by atoms with E-state index in [1.165, 1.54) is 4.90 Å². The van der Waals surface area contributed by atoms with Crippen LogP contribution in [0.4, 0.5) is 5.69 Å². The highest BCUT2D eigenvalue weighted by Crippen LogP contribution is 2.58. The van der Waals surface area contributed by atoms with Gasteiger partial charge in [-0.3, -0.25) is 9.78 Å². The molecule has 5 rings (SSSR count). The fourth-order valence-corrected chi connectivity index (χ4v) is 4.00. The maximum atomic E-state index is 13.1. The van der Waals surface area contributed by atoms with E-state index in [9.17, 15) is 4.79 Å². The normalized spacial score (nSPS) is 18.1. The minimum absolute atomic E-state index is 0.0582. The van der Waals surface area contributed by atoms with Crippen molar-refractivity contribution < 1.29 is 4.79 Å². The van der Waals surface area contributed by atoms with Crippen LogP contribution in [0, 0.1) is 0 Å². The van der Waals surface area contributed by atoms with Gasteiger partial charge in [-0.25, -0.2) is 0 Å². The van der Waals surface area contributed by atoms with Gasteiger partial charge in [0.2, 0.25) is 5.91 Å². The lowest BCUT2D eigenvalue weighted by atomic mass is 9.58. The van der Waals surface area contributed by atoms with Crippen molar-refractivity contribution in [1.82, 2.24) is 9.97 Å². The zero-order valence-corrected chi connectivity index (χ0v) is 14.0. The van der Waals surface area contributed by atoms with E-state index < -0.39 is 10.8 Å². The molecule has 1 aliphatic carbocycles. The van der Waals surface area contributed by atoms with Crippen molar-refractivity contribution in [2.75, 3.05) is 4.90 Å². The number of rotatable bonds is 2. The topological polar surface area (TPSA) is 49.0 Å². The highest BCUT2D eigenvalue weighted by atomic mass is 35.5.